The highest BCUT2D eigenvalue weighted by molar-refractivity contribution is 6.83. The van der Waals surface area contributed by atoms with Crippen molar-refractivity contribution in [2.24, 2.45) is 10.9 Å². The second-order valence-corrected chi connectivity index (χ2v) is 11.9. The molecule has 1 rings (SSSR count). The predicted molar refractivity (Wildman–Crippen MR) is 79.2 cm³/mol. The molecule has 0 amide bonds. The van der Waals surface area contributed by atoms with Gasteiger partial charge in [-0.1, -0.05) is 64.2 Å². The highest BCUT2D eigenvalue weighted by Crippen LogP contribution is 2.39. The molecule has 2 N–H and O–H groups in total. The van der Waals surface area contributed by atoms with Crippen LogP contribution in [0.15, 0.2) is 35.4 Å². The first-order valence-corrected chi connectivity index (χ1v) is 9.31. The predicted octanol–water partition coefficient (Wildman–Crippen LogP) is 3.86. The first-order valence-electron chi connectivity index (χ1n) is 6.10. The lowest BCUT2D eigenvalue weighted by atomic mass is 10.1. The lowest BCUT2D eigenvalue weighted by Crippen LogP contribution is -2.39. The molecule has 2 nitrogen and oxygen atoms in total. The monoisotopic (exact) mass is 248 g/mol. The van der Waals surface area contributed by atoms with Gasteiger partial charge in [-0.15, -0.1) is 0 Å². The fraction of sp³-hybridized carbons (Fsp3) is 0.500. The van der Waals surface area contributed by atoms with Gasteiger partial charge in [0.05, 0.1) is 13.8 Å². The summed E-state index contributed by atoms with van der Waals surface area (Å²) in [5, 5.41) is 4.37. The average Bonchev–Trinajstić information content (AvgIpc) is 2.25. The molecule has 1 aromatic carbocycles. The van der Waals surface area contributed by atoms with E-state index in [4.69, 9.17) is 5.84 Å². The lowest BCUT2D eigenvalue weighted by molar-refractivity contribution is 0.720. The molecule has 0 heterocycles. The zero-order valence-electron chi connectivity index (χ0n) is 11.6. The molecule has 0 aromatic heterocycles. The van der Waals surface area contributed by atoms with Crippen LogP contribution in [0.5, 0.6) is 0 Å². The molecule has 3 heteroatoms. The maximum absolute atomic E-state index is 5.57. The average molecular weight is 248 g/mol. The molecule has 0 aliphatic rings. The van der Waals surface area contributed by atoms with Gasteiger partial charge in [-0.25, -0.2) is 0 Å². The smallest absolute Gasteiger partial charge is 0.0646 e. The fourth-order valence-corrected chi connectivity index (χ4v) is 3.20. The highest BCUT2D eigenvalue weighted by Gasteiger charge is 2.36. The summed E-state index contributed by atoms with van der Waals surface area (Å²) in [6, 6.07) is 11.3. The number of rotatable bonds is 3. The molecule has 0 aliphatic heterocycles. The third-order valence-corrected chi connectivity index (χ3v) is 9.18. The van der Waals surface area contributed by atoms with Crippen LogP contribution in [-0.4, -0.2) is 13.8 Å². The SMILES string of the molecule is CC(C)(C)[Si](C)(C)C/C(=N/N)c1ccccc1. The molecule has 0 saturated heterocycles. The lowest BCUT2D eigenvalue weighted by Gasteiger charge is -2.37. The third-order valence-electron chi connectivity index (χ3n) is 3.90. The summed E-state index contributed by atoms with van der Waals surface area (Å²) in [5.74, 6) is 5.57. The van der Waals surface area contributed by atoms with E-state index in [1.165, 1.54) is 0 Å². The largest absolute Gasteiger partial charge is 0.323 e. The van der Waals surface area contributed by atoms with Crippen LogP contribution in [0.2, 0.25) is 24.2 Å². The zero-order chi connectivity index (χ0) is 13.1. The van der Waals surface area contributed by atoms with E-state index in [1.54, 1.807) is 0 Å². The maximum atomic E-state index is 5.57. The van der Waals surface area contributed by atoms with Gasteiger partial charge in [0.1, 0.15) is 0 Å². The molecule has 0 atom stereocenters. The standard InChI is InChI=1S/C14H24N2Si/c1-14(2,3)17(4,5)11-13(16-15)12-9-7-6-8-10-12/h6-10H,11,15H2,1-5H3/b16-13-. The van der Waals surface area contributed by atoms with Crippen LogP contribution in [0, 0.1) is 0 Å². The summed E-state index contributed by atoms with van der Waals surface area (Å²) in [4.78, 5) is 0. The molecule has 0 bridgehead atoms. The third kappa shape index (κ3) is 3.43. The highest BCUT2D eigenvalue weighted by atomic mass is 28.3. The summed E-state index contributed by atoms with van der Waals surface area (Å²) >= 11 is 0. The Balaban J connectivity index is 2.94. The molecule has 0 aliphatic carbocycles. The molecule has 0 fully saturated rings. The maximum Gasteiger partial charge on any atom is 0.0646 e. The minimum atomic E-state index is -1.38. The van der Waals surface area contributed by atoms with Crippen molar-refractivity contribution in [3.8, 4) is 0 Å². The van der Waals surface area contributed by atoms with Crippen LogP contribution in [0.1, 0.15) is 26.3 Å². The van der Waals surface area contributed by atoms with Crippen molar-refractivity contribution in [2.75, 3.05) is 0 Å². The zero-order valence-corrected chi connectivity index (χ0v) is 12.6. The van der Waals surface area contributed by atoms with Gasteiger partial charge in [0.15, 0.2) is 0 Å². The number of nitrogens with two attached hydrogens (primary N) is 1. The Hall–Kier alpha value is -1.09. The second-order valence-electron chi connectivity index (χ2n) is 6.25. The van der Waals surface area contributed by atoms with Gasteiger partial charge in [-0.05, 0) is 16.6 Å². The Bertz CT molecular complexity index is 388. The van der Waals surface area contributed by atoms with Crippen molar-refractivity contribution in [3.63, 3.8) is 0 Å². The Morgan fingerprint density at radius 2 is 1.71 bits per heavy atom. The first kappa shape index (κ1) is 14.0. The summed E-state index contributed by atoms with van der Waals surface area (Å²) in [7, 11) is -1.38. The summed E-state index contributed by atoms with van der Waals surface area (Å²) < 4.78 is 0. The van der Waals surface area contributed by atoms with Crippen LogP contribution in [0.3, 0.4) is 0 Å². The van der Waals surface area contributed by atoms with Gasteiger partial charge in [0, 0.05) is 0 Å². The van der Waals surface area contributed by atoms with Gasteiger partial charge in [-0.3, -0.25) is 0 Å². The Morgan fingerprint density at radius 1 is 1.18 bits per heavy atom. The van der Waals surface area contributed by atoms with Gasteiger partial charge in [0.2, 0.25) is 0 Å². The summed E-state index contributed by atoms with van der Waals surface area (Å²) in [5.41, 5.74) is 2.19. The van der Waals surface area contributed by atoms with Crippen LogP contribution in [0.25, 0.3) is 0 Å². The van der Waals surface area contributed by atoms with Crippen LogP contribution in [-0.2, 0) is 0 Å². The number of nitrogens with zero attached hydrogens (tertiary/aromatic N) is 1. The number of hydrogen-bond acceptors (Lipinski definition) is 2. The normalized spacial score (nSPS) is 13.8. The number of benzene rings is 1. The van der Waals surface area contributed by atoms with E-state index in [1.807, 2.05) is 18.2 Å². The Kier molecular flexibility index (Phi) is 4.15. The minimum Gasteiger partial charge on any atom is -0.323 e. The minimum absolute atomic E-state index is 0.359. The molecule has 0 radical (unpaired) electrons. The number of hydrazone groups is 1. The van der Waals surface area contributed by atoms with E-state index >= 15 is 0 Å². The molecule has 0 spiro atoms. The van der Waals surface area contributed by atoms with Gasteiger partial charge in [0.25, 0.3) is 0 Å². The fourth-order valence-electron chi connectivity index (χ4n) is 1.54. The molecular formula is C14H24N2Si. The molecular weight excluding hydrogens is 224 g/mol. The molecule has 0 unspecified atom stereocenters. The molecule has 94 valence electrons. The van der Waals surface area contributed by atoms with Crippen molar-refractivity contribution in [1.82, 2.24) is 0 Å². The van der Waals surface area contributed by atoms with E-state index in [2.05, 4.69) is 51.1 Å². The topological polar surface area (TPSA) is 38.4 Å². The first-order chi connectivity index (χ1) is 7.78. The van der Waals surface area contributed by atoms with Crippen molar-refractivity contribution in [1.29, 1.82) is 0 Å². The van der Waals surface area contributed by atoms with E-state index < -0.39 is 8.07 Å². The van der Waals surface area contributed by atoms with Crippen LogP contribution >= 0.6 is 0 Å². The number of hydrogen-bond donors (Lipinski definition) is 1. The summed E-state index contributed by atoms with van der Waals surface area (Å²) in [6.07, 6.45) is 0. The van der Waals surface area contributed by atoms with Crippen molar-refractivity contribution >= 4 is 13.8 Å². The Morgan fingerprint density at radius 3 is 2.12 bits per heavy atom. The van der Waals surface area contributed by atoms with Gasteiger partial charge >= 0.3 is 0 Å². The van der Waals surface area contributed by atoms with Crippen molar-refractivity contribution in [3.05, 3.63) is 35.9 Å². The van der Waals surface area contributed by atoms with E-state index in [-0.39, 0.29) is 0 Å². The molecule has 17 heavy (non-hydrogen) atoms. The van der Waals surface area contributed by atoms with Crippen LogP contribution in [0.4, 0.5) is 0 Å². The van der Waals surface area contributed by atoms with E-state index in [9.17, 15) is 0 Å². The molecule has 1 aromatic rings. The van der Waals surface area contributed by atoms with Crippen molar-refractivity contribution < 1.29 is 0 Å². The van der Waals surface area contributed by atoms with Gasteiger partial charge < -0.3 is 5.84 Å². The molecule has 0 saturated carbocycles. The van der Waals surface area contributed by atoms with E-state index in [0.29, 0.717) is 5.04 Å². The van der Waals surface area contributed by atoms with E-state index in [0.717, 1.165) is 17.3 Å². The van der Waals surface area contributed by atoms with Crippen LogP contribution < -0.4 is 5.84 Å². The van der Waals surface area contributed by atoms with Gasteiger partial charge in [-0.2, -0.15) is 5.10 Å². The summed E-state index contributed by atoms with van der Waals surface area (Å²) in [6.45, 7) is 11.8. The van der Waals surface area contributed by atoms with Crippen molar-refractivity contribution in [2.45, 2.75) is 44.9 Å². The quantitative estimate of drug-likeness (QED) is 0.375. The Labute approximate surface area is 106 Å². The second kappa shape index (κ2) is 5.04.